The number of carboxylic acids is 1. The van der Waals surface area contributed by atoms with E-state index >= 15 is 0 Å². The molecular weight excluding hydrogens is 332 g/mol. The fourth-order valence-electron chi connectivity index (χ4n) is 2.75. The third-order valence-electron chi connectivity index (χ3n) is 3.75. The van der Waals surface area contributed by atoms with Gasteiger partial charge in [0.2, 0.25) is 0 Å². The van der Waals surface area contributed by atoms with E-state index in [1.807, 2.05) is 42.5 Å². The third-order valence-corrected chi connectivity index (χ3v) is 4.21. The lowest BCUT2D eigenvalue weighted by Gasteiger charge is -2.15. The Morgan fingerprint density at radius 2 is 2.05 bits per heavy atom. The Hall–Kier alpha value is -1.81. The molecule has 0 saturated carbocycles. The average Bonchev–Trinajstić information content (AvgIpc) is 2.93. The second-order valence-electron chi connectivity index (χ2n) is 5.16. The fourth-order valence-corrected chi connectivity index (χ4v) is 3.30. The zero-order valence-electron chi connectivity index (χ0n) is 11.4. The van der Waals surface area contributed by atoms with Crippen molar-refractivity contribution in [2.24, 2.45) is 0 Å². The van der Waals surface area contributed by atoms with Gasteiger partial charge in [0.1, 0.15) is 5.75 Å². The summed E-state index contributed by atoms with van der Waals surface area (Å²) < 4.78 is 6.66. The second kappa shape index (κ2) is 5.90. The van der Waals surface area contributed by atoms with Gasteiger partial charge in [-0.15, -0.1) is 0 Å². The normalized spacial score (nSPS) is 14.3. The number of fused-ring (bicyclic) bond motifs is 1. The lowest BCUT2D eigenvalue weighted by Crippen LogP contribution is -2.14. The van der Waals surface area contributed by atoms with Crippen LogP contribution in [-0.2, 0) is 17.6 Å². The van der Waals surface area contributed by atoms with Gasteiger partial charge in [-0.2, -0.15) is 0 Å². The zero-order valence-corrected chi connectivity index (χ0v) is 13.0. The molecule has 2 aromatic rings. The first-order chi connectivity index (χ1) is 10.1. The average molecular weight is 347 g/mol. The van der Waals surface area contributed by atoms with Crippen LogP contribution in [0.2, 0.25) is 0 Å². The highest BCUT2D eigenvalue weighted by Crippen LogP contribution is 2.36. The maximum atomic E-state index is 11.6. The molecule has 0 aromatic heterocycles. The van der Waals surface area contributed by atoms with Gasteiger partial charge in [0, 0.05) is 10.9 Å². The van der Waals surface area contributed by atoms with E-state index in [0.717, 1.165) is 33.3 Å². The maximum Gasteiger partial charge on any atom is 0.311 e. The molecule has 0 saturated heterocycles. The molecule has 0 bridgehead atoms. The molecule has 1 aliphatic rings. The van der Waals surface area contributed by atoms with Crippen molar-refractivity contribution in [2.45, 2.75) is 18.8 Å². The summed E-state index contributed by atoms with van der Waals surface area (Å²) in [4.78, 5) is 11.6. The van der Waals surface area contributed by atoms with Crippen molar-refractivity contribution in [3.05, 3.63) is 63.6 Å². The molecule has 0 spiro atoms. The highest BCUT2D eigenvalue weighted by Gasteiger charge is 2.25. The van der Waals surface area contributed by atoms with Crippen molar-refractivity contribution in [2.75, 3.05) is 6.61 Å². The predicted molar refractivity (Wildman–Crippen MR) is 83.9 cm³/mol. The van der Waals surface area contributed by atoms with Crippen LogP contribution < -0.4 is 4.74 Å². The predicted octanol–water partition coefficient (Wildman–Crippen LogP) is 3.79. The Labute approximate surface area is 131 Å². The van der Waals surface area contributed by atoms with Crippen LogP contribution in [0.5, 0.6) is 5.75 Å². The lowest BCUT2D eigenvalue weighted by atomic mass is 9.91. The van der Waals surface area contributed by atoms with E-state index in [1.165, 1.54) is 0 Å². The monoisotopic (exact) mass is 346 g/mol. The van der Waals surface area contributed by atoms with Crippen molar-refractivity contribution in [1.29, 1.82) is 0 Å². The summed E-state index contributed by atoms with van der Waals surface area (Å²) >= 11 is 3.50. The second-order valence-corrected chi connectivity index (χ2v) is 6.07. The molecule has 3 nitrogen and oxygen atoms in total. The Morgan fingerprint density at radius 3 is 2.76 bits per heavy atom. The topological polar surface area (TPSA) is 46.5 Å². The number of halogens is 1. The van der Waals surface area contributed by atoms with Crippen molar-refractivity contribution in [1.82, 2.24) is 0 Å². The summed E-state index contributed by atoms with van der Waals surface area (Å²) in [6.45, 7) is 0.669. The molecule has 1 N–H and O–H groups in total. The highest BCUT2D eigenvalue weighted by molar-refractivity contribution is 9.10. The minimum atomic E-state index is -0.812. The molecule has 1 aliphatic heterocycles. The Kier molecular flexibility index (Phi) is 3.97. The van der Waals surface area contributed by atoms with Crippen LogP contribution in [0.15, 0.2) is 46.9 Å². The van der Waals surface area contributed by atoms with Crippen LogP contribution in [0.25, 0.3) is 0 Å². The third kappa shape index (κ3) is 2.95. The molecule has 0 radical (unpaired) electrons. The summed E-state index contributed by atoms with van der Waals surface area (Å²) in [7, 11) is 0. The molecule has 1 heterocycles. The van der Waals surface area contributed by atoms with E-state index in [4.69, 9.17) is 4.74 Å². The number of carboxylic acid groups (broad SMARTS) is 1. The van der Waals surface area contributed by atoms with E-state index in [9.17, 15) is 9.90 Å². The zero-order chi connectivity index (χ0) is 14.8. The molecular formula is C17H15BrO3. The summed E-state index contributed by atoms with van der Waals surface area (Å²) in [5.41, 5.74) is 2.92. The van der Waals surface area contributed by atoms with Crippen molar-refractivity contribution in [3.63, 3.8) is 0 Å². The lowest BCUT2D eigenvalue weighted by molar-refractivity contribution is -0.138. The van der Waals surface area contributed by atoms with Crippen LogP contribution in [0.1, 0.15) is 22.6 Å². The van der Waals surface area contributed by atoms with E-state index in [1.54, 1.807) is 0 Å². The van der Waals surface area contributed by atoms with Crippen LogP contribution in [-0.4, -0.2) is 17.7 Å². The summed E-state index contributed by atoms with van der Waals surface area (Å²) in [6, 6.07) is 13.4. The number of benzene rings is 2. The first kappa shape index (κ1) is 14.1. The van der Waals surface area contributed by atoms with E-state index < -0.39 is 11.9 Å². The van der Waals surface area contributed by atoms with E-state index in [-0.39, 0.29) is 0 Å². The SMILES string of the molecule is O=C(O)C(Cc1cc(Br)cc2c1OCC2)c1ccccc1. The minimum Gasteiger partial charge on any atom is -0.493 e. The van der Waals surface area contributed by atoms with Crippen molar-refractivity contribution >= 4 is 21.9 Å². The fraction of sp³-hybridized carbons (Fsp3) is 0.235. The van der Waals surface area contributed by atoms with Gasteiger partial charge in [-0.1, -0.05) is 46.3 Å². The van der Waals surface area contributed by atoms with Gasteiger partial charge in [0.15, 0.2) is 0 Å². The number of hydrogen-bond donors (Lipinski definition) is 1. The van der Waals surface area contributed by atoms with Gasteiger partial charge in [-0.3, -0.25) is 4.79 Å². The number of carbonyl (C=O) groups is 1. The number of rotatable bonds is 4. The molecule has 2 aromatic carbocycles. The van der Waals surface area contributed by atoms with Crippen LogP contribution in [0, 0.1) is 0 Å². The number of aliphatic carboxylic acids is 1. The summed E-state index contributed by atoms with van der Waals surface area (Å²) in [5, 5.41) is 9.55. The molecule has 0 amide bonds. The van der Waals surface area contributed by atoms with Crippen LogP contribution in [0.4, 0.5) is 0 Å². The molecule has 108 valence electrons. The first-order valence-electron chi connectivity index (χ1n) is 6.87. The molecule has 0 aliphatic carbocycles. The van der Waals surface area contributed by atoms with Gasteiger partial charge in [0.05, 0.1) is 12.5 Å². The van der Waals surface area contributed by atoms with Gasteiger partial charge in [-0.05, 0) is 35.2 Å². The smallest absolute Gasteiger partial charge is 0.311 e. The van der Waals surface area contributed by atoms with Gasteiger partial charge in [-0.25, -0.2) is 0 Å². The van der Waals surface area contributed by atoms with Gasteiger partial charge in [0.25, 0.3) is 0 Å². The summed E-state index contributed by atoms with van der Waals surface area (Å²) in [6.07, 6.45) is 1.31. The minimum absolute atomic E-state index is 0.432. The van der Waals surface area contributed by atoms with Crippen LogP contribution >= 0.6 is 15.9 Å². The Balaban J connectivity index is 1.96. The molecule has 0 fully saturated rings. The largest absolute Gasteiger partial charge is 0.493 e. The Bertz CT molecular complexity index is 667. The summed E-state index contributed by atoms with van der Waals surface area (Å²) in [5.74, 6) is -0.512. The maximum absolute atomic E-state index is 11.6. The standard InChI is InChI=1S/C17H15BrO3/c18-14-8-12-6-7-21-16(12)13(9-14)10-15(17(19)20)11-4-2-1-3-5-11/h1-5,8-9,15H,6-7,10H2,(H,19,20). The van der Waals surface area contributed by atoms with Gasteiger partial charge < -0.3 is 9.84 Å². The molecule has 4 heteroatoms. The van der Waals surface area contributed by atoms with E-state index in [2.05, 4.69) is 15.9 Å². The van der Waals surface area contributed by atoms with Crippen molar-refractivity contribution in [3.8, 4) is 5.75 Å². The van der Waals surface area contributed by atoms with E-state index in [0.29, 0.717) is 13.0 Å². The van der Waals surface area contributed by atoms with Gasteiger partial charge >= 0.3 is 5.97 Å². The highest BCUT2D eigenvalue weighted by atomic mass is 79.9. The first-order valence-corrected chi connectivity index (χ1v) is 7.66. The van der Waals surface area contributed by atoms with Crippen molar-refractivity contribution < 1.29 is 14.6 Å². The Morgan fingerprint density at radius 1 is 1.29 bits per heavy atom. The molecule has 21 heavy (non-hydrogen) atoms. The molecule has 1 atom stereocenters. The number of hydrogen-bond acceptors (Lipinski definition) is 2. The molecule has 1 unspecified atom stereocenters. The quantitative estimate of drug-likeness (QED) is 0.915. The number of ether oxygens (including phenoxy) is 1. The molecule has 3 rings (SSSR count). The van der Waals surface area contributed by atoms with Crippen LogP contribution in [0.3, 0.4) is 0 Å².